The van der Waals surface area contributed by atoms with Crippen molar-refractivity contribution in [1.82, 2.24) is 9.55 Å². The van der Waals surface area contributed by atoms with E-state index in [4.69, 9.17) is 16.9 Å². The minimum Gasteiger partial charge on any atom is -0.290 e. The van der Waals surface area contributed by atoms with Gasteiger partial charge in [-0.1, -0.05) is 11.6 Å². The maximum atomic E-state index is 8.97. The first-order valence-electron chi connectivity index (χ1n) is 4.42. The van der Waals surface area contributed by atoms with Gasteiger partial charge in [0.25, 0.3) is 0 Å². The molecule has 0 unspecified atom stereocenters. The first-order chi connectivity index (χ1) is 7.22. The molecule has 15 heavy (non-hydrogen) atoms. The molecule has 0 spiro atoms. The Labute approximate surface area is 92.6 Å². The second kappa shape index (κ2) is 3.76. The summed E-state index contributed by atoms with van der Waals surface area (Å²) in [7, 11) is 0. The van der Waals surface area contributed by atoms with E-state index in [2.05, 4.69) is 11.1 Å². The summed E-state index contributed by atoms with van der Waals surface area (Å²) >= 11 is 5.79. The molecule has 1 heterocycles. The molecule has 0 bridgehead atoms. The second-order valence-electron chi connectivity index (χ2n) is 3.14. The molecule has 3 nitrogen and oxygen atoms in total. The molecule has 0 aliphatic rings. The molecule has 1 aromatic carbocycles. The Kier molecular flexibility index (Phi) is 2.44. The molecule has 0 radical (unpaired) electrons. The van der Waals surface area contributed by atoms with Gasteiger partial charge in [0.1, 0.15) is 18.1 Å². The van der Waals surface area contributed by atoms with E-state index in [1.807, 2.05) is 19.1 Å². The van der Waals surface area contributed by atoms with Crippen LogP contribution in [0.2, 0.25) is 5.02 Å². The largest absolute Gasteiger partial charge is 0.290 e. The predicted molar refractivity (Wildman–Crippen MR) is 58.0 cm³/mol. The van der Waals surface area contributed by atoms with Crippen LogP contribution in [0.3, 0.4) is 0 Å². The van der Waals surface area contributed by atoms with E-state index in [1.165, 1.54) is 0 Å². The second-order valence-corrected chi connectivity index (χ2v) is 3.57. The van der Waals surface area contributed by atoms with Gasteiger partial charge in [0.2, 0.25) is 0 Å². The Morgan fingerprint density at radius 2 is 2.00 bits per heavy atom. The summed E-state index contributed by atoms with van der Waals surface area (Å²) in [6.45, 7) is 1.81. The zero-order valence-electron chi connectivity index (χ0n) is 8.11. The van der Waals surface area contributed by atoms with Crippen LogP contribution < -0.4 is 0 Å². The summed E-state index contributed by atoms with van der Waals surface area (Å²) in [6, 6.07) is 9.40. The molecule has 0 saturated carbocycles. The van der Waals surface area contributed by atoms with Gasteiger partial charge in [-0.15, -0.1) is 0 Å². The summed E-state index contributed by atoms with van der Waals surface area (Å²) < 4.78 is 1.74. The van der Waals surface area contributed by atoms with E-state index >= 15 is 0 Å². The van der Waals surface area contributed by atoms with Crippen LogP contribution in [0.4, 0.5) is 0 Å². The van der Waals surface area contributed by atoms with Crippen molar-refractivity contribution < 1.29 is 0 Å². The highest BCUT2D eigenvalue weighted by atomic mass is 35.5. The minimum atomic E-state index is 0.553. The third-order valence-corrected chi connectivity index (χ3v) is 2.41. The fourth-order valence-corrected chi connectivity index (χ4v) is 1.50. The average Bonchev–Trinajstić information content (AvgIpc) is 2.61. The van der Waals surface area contributed by atoms with Crippen molar-refractivity contribution in [3.05, 3.63) is 47.0 Å². The lowest BCUT2D eigenvalue weighted by molar-refractivity contribution is 1.03. The van der Waals surface area contributed by atoms with Crippen LogP contribution >= 0.6 is 11.6 Å². The topological polar surface area (TPSA) is 41.6 Å². The van der Waals surface area contributed by atoms with Crippen molar-refractivity contribution in [1.29, 1.82) is 5.26 Å². The summed E-state index contributed by atoms with van der Waals surface area (Å²) in [5.41, 5.74) is 2.17. The van der Waals surface area contributed by atoms with E-state index in [9.17, 15) is 0 Å². The molecule has 0 atom stereocenters. The van der Waals surface area contributed by atoms with Crippen molar-refractivity contribution in [3.8, 4) is 11.8 Å². The lowest BCUT2D eigenvalue weighted by Gasteiger charge is -2.03. The van der Waals surface area contributed by atoms with Gasteiger partial charge in [0, 0.05) is 10.7 Å². The van der Waals surface area contributed by atoms with Gasteiger partial charge >= 0.3 is 0 Å². The molecule has 0 N–H and O–H groups in total. The van der Waals surface area contributed by atoms with Crippen molar-refractivity contribution in [2.24, 2.45) is 0 Å². The van der Waals surface area contributed by atoms with Gasteiger partial charge in [-0.2, -0.15) is 5.26 Å². The van der Waals surface area contributed by atoms with Crippen LogP contribution in [0.25, 0.3) is 5.69 Å². The van der Waals surface area contributed by atoms with Gasteiger partial charge in [-0.05, 0) is 31.2 Å². The highest BCUT2D eigenvalue weighted by Crippen LogP contribution is 2.16. The molecule has 0 aliphatic heterocycles. The number of nitriles is 1. The monoisotopic (exact) mass is 217 g/mol. The van der Waals surface area contributed by atoms with Gasteiger partial charge in [0.05, 0.1) is 5.69 Å². The fraction of sp³-hybridized carbons (Fsp3) is 0.0909. The summed E-state index contributed by atoms with van der Waals surface area (Å²) in [6.07, 6.45) is 1.64. The predicted octanol–water partition coefficient (Wildman–Crippen LogP) is 2.71. The number of hydrogen-bond donors (Lipinski definition) is 0. The van der Waals surface area contributed by atoms with Crippen LogP contribution in [0.15, 0.2) is 30.6 Å². The molecule has 74 valence electrons. The number of rotatable bonds is 1. The molecule has 0 fully saturated rings. The quantitative estimate of drug-likeness (QED) is 0.737. The lowest BCUT2D eigenvalue weighted by atomic mass is 10.3. The molecular weight excluding hydrogens is 210 g/mol. The number of hydrogen-bond acceptors (Lipinski definition) is 2. The van der Waals surface area contributed by atoms with Crippen molar-refractivity contribution in [3.63, 3.8) is 0 Å². The highest BCUT2D eigenvalue weighted by Gasteiger charge is 2.07. The zero-order valence-corrected chi connectivity index (χ0v) is 8.86. The van der Waals surface area contributed by atoms with Crippen LogP contribution in [0.5, 0.6) is 0 Å². The van der Waals surface area contributed by atoms with Crippen LogP contribution in [-0.2, 0) is 0 Å². The van der Waals surface area contributed by atoms with E-state index in [0.717, 1.165) is 11.4 Å². The molecule has 0 saturated heterocycles. The van der Waals surface area contributed by atoms with Crippen LogP contribution in [0, 0.1) is 18.3 Å². The Morgan fingerprint density at radius 3 is 2.60 bits per heavy atom. The van der Waals surface area contributed by atoms with Gasteiger partial charge in [-0.3, -0.25) is 4.57 Å². The molecule has 0 amide bonds. The number of nitrogens with zero attached hydrogens (tertiary/aromatic N) is 3. The maximum Gasteiger partial charge on any atom is 0.147 e. The first-order valence-corrected chi connectivity index (χ1v) is 4.80. The average molecular weight is 218 g/mol. The number of halogens is 1. The molecule has 2 aromatic rings. The maximum absolute atomic E-state index is 8.97. The van der Waals surface area contributed by atoms with E-state index in [0.29, 0.717) is 10.7 Å². The van der Waals surface area contributed by atoms with Crippen molar-refractivity contribution >= 4 is 11.6 Å². The summed E-state index contributed by atoms with van der Waals surface area (Å²) in [4.78, 5) is 4.09. The fourth-order valence-electron chi connectivity index (χ4n) is 1.37. The van der Waals surface area contributed by atoms with Crippen molar-refractivity contribution in [2.45, 2.75) is 6.92 Å². The Morgan fingerprint density at radius 1 is 1.33 bits per heavy atom. The number of aryl methyl sites for hydroxylation is 1. The smallest absolute Gasteiger partial charge is 0.147 e. The zero-order chi connectivity index (χ0) is 10.8. The number of benzene rings is 1. The van der Waals surface area contributed by atoms with Crippen LogP contribution in [-0.4, -0.2) is 9.55 Å². The van der Waals surface area contributed by atoms with E-state index < -0.39 is 0 Å². The first kappa shape index (κ1) is 9.75. The molecular formula is C11H8ClN3. The highest BCUT2D eigenvalue weighted by molar-refractivity contribution is 6.30. The molecule has 1 aromatic heterocycles. The van der Waals surface area contributed by atoms with Crippen LogP contribution in [0.1, 0.15) is 11.4 Å². The minimum absolute atomic E-state index is 0.553. The third kappa shape index (κ3) is 1.72. The Balaban J connectivity index is 2.55. The molecule has 0 aliphatic carbocycles. The molecule has 2 rings (SSSR count). The summed E-state index contributed by atoms with van der Waals surface area (Å²) in [5, 5.41) is 9.64. The lowest BCUT2D eigenvalue weighted by Crippen LogP contribution is -1.95. The number of imidazole rings is 1. The van der Waals surface area contributed by atoms with Gasteiger partial charge in [0.15, 0.2) is 0 Å². The Bertz CT molecular complexity index is 520. The van der Waals surface area contributed by atoms with Gasteiger partial charge in [-0.25, -0.2) is 4.98 Å². The third-order valence-electron chi connectivity index (χ3n) is 2.16. The van der Waals surface area contributed by atoms with Crippen molar-refractivity contribution in [2.75, 3.05) is 0 Å². The van der Waals surface area contributed by atoms with E-state index in [-0.39, 0.29) is 0 Å². The van der Waals surface area contributed by atoms with E-state index in [1.54, 1.807) is 23.0 Å². The normalized spacial score (nSPS) is 9.93. The van der Waals surface area contributed by atoms with Gasteiger partial charge < -0.3 is 0 Å². The number of aromatic nitrogens is 2. The SMILES string of the molecule is Cc1ncn(-c2ccc(Cl)cc2)c1C#N. The Hall–Kier alpha value is -1.79. The summed E-state index contributed by atoms with van der Waals surface area (Å²) in [5.74, 6) is 0. The standard InChI is InChI=1S/C11H8ClN3/c1-8-11(6-13)15(7-14-8)10-4-2-9(12)3-5-10/h2-5,7H,1H3. The molecule has 4 heteroatoms.